The topological polar surface area (TPSA) is 81.2 Å². The second-order valence-electron chi connectivity index (χ2n) is 5.17. The predicted octanol–water partition coefficient (Wildman–Crippen LogP) is 3.24. The Morgan fingerprint density at radius 2 is 1.96 bits per heavy atom. The first-order valence-electron chi connectivity index (χ1n) is 7.73. The zero-order chi connectivity index (χ0) is 17.5. The van der Waals surface area contributed by atoms with Gasteiger partial charge >= 0.3 is 0 Å². The molecule has 3 aromatic rings. The summed E-state index contributed by atoms with van der Waals surface area (Å²) in [5.41, 5.74) is 1.82. The molecule has 128 valence electrons. The van der Waals surface area contributed by atoms with Crippen LogP contribution in [0.2, 0.25) is 0 Å². The lowest BCUT2D eigenvalue weighted by molar-refractivity contribution is 0.405. The van der Waals surface area contributed by atoms with Gasteiger partial charge in [-0.1, -0.05) is 6.07 Å². The number of nitrogens with one attached hydrogen (secondary N) is 2. The Morgan fingerprint density at radius 1 is 1.04 bits per heavy atom. The summed E-state index contributed by atoms with van der Waals surface area (Å²) < 4.78 is 10.6. The molecule has 0 aliphatic carbocycles. The Hall–Kier alpha value is -3.35. The summed E-state index contributed by atoms with van der Waals surface area (Å²) in [5, 5.41) is 6.41. The molecule has 7 heteroatoms. The van der Waals surface area contributed by atoms with Crippen molar-refractivity contribution in [1.82, 2.24) is 15.0 Å². The molecule has 0 radical (unpaired) electrons. The first-order chi connectivity index (χ1) is 12.3. The molecule has 7 nitrogen and oxygen atoms in total. The van der Waals surface area contributed by atoms with E-state index in [2.05, 4.69) is 25.6 Å². The minimum atomic E-state index is 0.524. The van der Waals surface area contributed by atoms with Crippen molar-refractivity contribution >= 4 is 17.5 Å². The smallest absolute Gasteiger partial charge is 0.224 e. The zero-order valence-electron chi connectivity index (χ0n) is 14.1. The van der Waals surface area contributed by atoms with Crippen molar-refractivity contribution in [3.8, 4) is 11.5 Å². The Balaban J connectivity index is 1.73. The first kappa shape index (κ1) is 16.5. The molecule has 0 bridgehead atoms. The van der Waals surface area contributed by atoms with Crippen LogP contribution in [0.25, 0.3) is 0 Å². The molecule has 0 atom stereocenters. The van der Waals surface area contributed by atoms with Gasteiger partial charge < -0.3 is 20.1 Å². The largest absolute Gasteiger partial charge is 0.497 e. The van der Waals surface area contributed by atoms with Crippen LogP contribution in [0.5, 0.6) is 11.5 Å². The van der Waals surface area contributed by atoms with Crippen LogP contribution in [-0.4, -0.2) is 29.2 Å². The molecule has 2 aromatic heterocycles. The van der Waals surface area contributed by atoms with Crippen LogP contribution in [0.3, 0.4) is 0 Å². The SMILES string of the molecule is COc1ccc(OC)c(Nc2ccnc(NCc3cccnc3)n2)c1. The lowest BCUT2D eigenvalue weighted by Gasteiger charge is -2.13. The molecular formula is C18H19N5O2. The molecule has 25 heavy (non-hydrogen) atoms. The molecular weight excluding hydrogens is 318 g/mol. The minimum absolute atomic E-state index is 0.524. The van der Waals surface area contributed by atoms with Crippen molar-refractivity contribution < 1.29 is 9.47 Å². The van der Waals surface area contributed by atoms with E-state index in [-0.39, 0.29) is 0 Å². The summed E-state index contributed by atoms with van der Waals surface area (Å²) in [6, 6.07) is 11.2. The summed E-state index contributed by atoms with van der Waals surface area (Å²) >= 11 is 0. The summed E-state index contributed by atoms with van der Waals surface area (Å²) in [4.78, 5) is 12.8. The maximum atomic E-state index is 5.37. The first-order valence-corrected chi connectivity index (χ1v) is 7.73. The van der Waals surface area contributed by atoms with Crippen molar-refractivity contribution in [2.75, 3.05) is 24.9 Å². The predicted molar refractivity (Wildman–Crippen MR) is 96.4 cm³/mol. The van der Waals surface area contributed by atoms with Crippen LogP contribution in [0, 0.1) is 0 Å². The second-order valence-corrected chi connectivity index (χ2v) is 5.17. The fourth-order valence-corrected chi connectivity index (χ4v) is 2.25. The number of hydrogen-bond donors (Lipinski definition) is 2. The Labute approximate surface area is 146 Å². The van der Waals surface area contributed by atoms with Crippen molar-refractivity contribution in [1.29, 1.82) is 0 Å². The van der Waals surface area contributed by atoms with Crippen LogP contribution in [0.1, 0.15) is 5.56 Å². The molecule has 0 aliphatic heterocycles. The summed E-state index contributed by atoms with van der Waals surface area (Å²) in [5.74, 6) is 2.60. The summed E-state index contributed by atoms with van der Waals surface area (Å²) in [6.07, 6.45) is 5.23. The van der Waals surface area contributed by atoms with E-state index < -0.39 is 0 Å². The molecule has 0 saturated carbocycles. The second kappa shape index (κ2) is 7.96. The molecule has 2 N–H and O–H groups in total. The van der Waals surface area contributed by atoms with E-state index in [0.29, 0.717) is 24.1 Å². The number of rotatable bonds is 7. The quantitative estimate of drug-likeness (QED) is 0.685. The van der Waals surface area contributed by atoms with Gasteiger partial charge in [-0.2, -0.15) is 4.98 Å². The number of anilines is 3. The molecule has 0 saturated heterocycles. The van der Waals surface area contributed by atoms with Crippen molar-refractivity contribution in [3.63, 3.8) is 0 Å². The van der Waals surface area contributed by atoms with E-state index in [9.17, 15) is 0 Å². The van der Waals surface area contributed by atoms with Gasteiger partial charge in [0.2, 0.25) is 5.95 Å². The highest BCUT2D eigenvalue weighted by molar-refractivity contribution is 5.66. The van der Waals surface area contributed by atoms with Crippen LogP contribution in [0.4, 0.5) is 17.5 Å². The Kier molecular flexibility index (Phi) is 5.26. The number of aromatic nitrogens is 3. The molecule has 0 aliphatic rings. The fourth-order valence-electron chi connectivity index (χ4n) is 2.25. The van der Waals surface area contributed by atoms with E-state index in [1.54, 1.807) is 38.9 Å². The lowest BCUT2D eigenvalue weighted by atomic mass is 10.2. The monoisotopic (exact) mass is 337 g/mol. The van der Waals surface area contributed by atoms with Crippen LogP contribution < -0.4 is 20.1 Å². The minimum Gasteiger partial charge on any atom is -0.497 e. The highest BCUT2D eigenvalue weighted by Crippen LogP contribution is 2.31. The van der Waals surface area contributed by atoms with Crippen molar-refractivity contribution in [2.24, 2.45) is 0 Å². The third-order valence-electron chi connectivity index (χ3n) is 3.50. The van der Waals surface area contributed by atoms with Gasteiger partial charge in [-0.3, -0.25) is 4.98 Å². The van der Waals surface area contributed by atoms with Gasteiger partial charge in [0.25, 0.3) is 0 Å². The number of ether oxygens (including phenoxy) is 2. The van der Waals surface area contributed by atoms with Crippen LogP contribution in [-0.2, 0) is 6.54 Å². The zero-order valence-corrected chi connectivity index (χ0v) is 14.1. The number of hydrogen-bond acceptors (Lipinski definition) is 7. The van der Waals surface area contributed by atoms with Gasteiger partial charge in [0.1, 0.15) is 17.3 Å². The van der Waals surface area contributed by atoms with Gasteiger partial charge in [-0.25, -0.2) is 4.98 Å². The average molecular weight is 337 g/mol. The van der Waals surface area contributed by atoms with Gasteiger partial charge in [-0.15, -0.1) is 0 Å². The highest BCUT2D eigenvalue weighted by atomic mass is 16.5. The van der Waals surface area contributed by atoms with E-state index in [1.807, 2.05) is 30.3 Å². The Morgan fingerprint density at radius 3 is 2.72 bits per heavy atom. The standard InChI is InChI=1S/C18H19N5O2/c1-24-14-5-6-16(25-2)15(10-14)22-17-7-9-20-18(23-17)21-12-13-4-3-8-19-11-13/h3-11H,12H2,1-2H3,(H2,20,21,22,23). The van der Waals surface area contributed by atoms with Crippen LogP contribution >= 0.6 is 0 Å². The molecule has 1 aromatic carbocycles. The number of nitrogens with zero attached hydrogens (tertiary/aromatic N) is 3. The van der Waals surface area contributed by atoms with Gasteiger partial charge in [0.15, 0.2) is 0 Å². The highest BCUT2D eigenvalue weighted by Gasteiger charge is 2.07. The fraction of sp³-hybridized carbons (Fsp3) is 0.167. The van der Waals surface area contributed by atoms with Gasteiger partial charge in [-0.05, 0) is 29.8 Å². The summed E-state index contributed by atoms with van der Waals surface area (Å²) in [7, 11) is 3.24. The molecule has 0 unspecified atom stereocenters. The molecule has 0 amide bonds. The number of methoxy groups -OCH3 is 2. The van der Waals surface area contributed by atoms with E-state index in [4.69, 9.17) is 9.47 Å². The number of benzene rings is 1. The molecule has 0 fully saturated rings. The number of pyridine rings is 1. The van der Waals surface area contributed by atoms with Crippen LogP contribution in [0.15, 0.2) is 55.0 Å². The Bertz CT molecular complexity index is 827. The molecule has 0 spiro atoms. The van der Waals surface area contributed by atoms with Crippen molar-refractivity contribution in [2.45, 2.75) is 6.54 Å². The summed E-state index contributed by atoms with van der Waals surface area (Å²) in [6.45, 7) is 0.597. The normalized spacial score (nSPS) is 10.2. The molecule has 3 rings (SSSR count). The van der Waals surface area contributed by atoms with Gasteiger partial charge in [0, 0.05) is 31.2 Å². The van der Waals surface area contributed by atoms with Gasteiger partial charge in [0.05, 0.1) is 19.9 Å². The third-order valence-corrected chi connectivity index (χ3v) is 3.50. The maximum absolute atomic E-state index is 5.37. The third kappa shape index (κ3) is 4.35. The maximum Gasteiger partial charge on any atom is 0.224 e. The van der Waals surface area contributed by atoms with Crippen molar-refractivity contribution in [3.05, 3.63) is 60.6 Å². The molecule has 2 heterocycles. The van der Waals surface area contributed by atoms with E-state index >= 15 is 0 Å². The van der Waals surface area contributed by atoms with E-state index in [0.717, 1.165) is 17.0 Å². The van der Waals surface area contributed by atoms with E-state index in [1.165, 1.54) is 0 Å². The average Bonchev–Trinajstić information content (AvgIpc) is 2.67. The lowest BCUT2D eigenvalue weighted by Crippen LogP contribution is -2.05.